The van der Waals surface area contributed by atoms with Crippen LogP contribution < -0.4 is 5.32 Å². The highest BCUT2D eigenvalue weighted by atomic mass is 16.1. The van der Waals surface area contributed by atoms with Crippen molar-refractivity contribution < 1.29 is 4.79 Å². The van der Waals surface area contributed by atoms with Crippen molar-refractivity contribution in [3.8, 4) is 0 Å². The Bertz CT molecular complexity index is 586. The maximum Gasteiger partial charge on any atom is 0.251 e. The summed E-state index contributed by atoms with van der Waals surface area (Å²) in [6.45, 7) is 4.05. The first-order valence-corrected chi connectivity index (χ1v) is 7.04. The summed E-state index contributed by atoms with van der Waals surface area (Å²) >= 11 is 0. The number of aryl methyl sites for hydroxylation is 3. The van der Waals surface area contributed by atoms with Crippen LogP contribution in [0.4, 0.5) is 0 Å². The molecule has 3 nitrogen and oxygen atoms in total. The number of hydrogen-bond donors (Lipinski definition) is 1. The minimum atomic E-state index is 0.00748. The highest BCUT2D eigenvalue weighted by Crippen LogP contribution is 2.07. The molecular formula is C17H22N2O. The Kier molecular flexibility index (Phi) is 4.61. The maximum absolute atomic E-state index is 12.1. The molecule has 0 unspecified atom stereocenters. The largest absolute Gasteiger partial charge is 0.354 e. The van der Waals surface area contributed by atoms with Gasteiger partial charge in [0.15, 0.2) is 0 Å². The highest BCUT2D eigenvalue weighted by molar-refractivity contribution is 5.94. The van der Waals surface area contributed by atoms with Crippen LogP contribution in [0.2, 0.25) is 0 Å². The lowest BCUT2D eigenvalue weighted by Gasteiger charge is -2.14. The molecular weight excluding hydrogens is 248 g/mol. The highest BCUT2D eigenvalue weighted by Gasteiger charge is 2.10. The topological polar surface area (TPSA) is 34.0 Å². The summed E-state index contributed by atoms with van der Waals surface area (Å²) in [5.74, 6) is 0.00748. The molecule has 1 aromatic carbocycles. The molecule has 1 aromatic heterocycles. The predicted octanol–water partition coefficient (Wildman–Crippen LogP) is 3.08. The van der Waals surface area contributed by atoms with Crippen molar-refractivity contribution in [1.29, 1.82) is 0 Å². The number of amides is 1. The fraction of sp³-hybridized carbons (Fsp3) is 0.353. The molecule has 106 valence electrons. The number of carbonyl (C=O) groups is 1. The van der Waals surface area contributed by atoms with E-state index >= 15 is 0 Å². The third-order valence-electron chi connectivity index (χ3n) is 3.54. The molecule has 2 aromatic rings. The second-order valence-electron chi connectivity index (χ2n) is 5.39. The number of nitrogens with one attached hydrogen (secondary N) is 1. The Morgan fingerprint density at radius 3 is 2.75 bits per heavy atom. The number of benzene rings is 1. The summed E-state index contributed by atoms with van der Waals surface area (Å²) < 4.78 is 2.12. The van der Waals surface area contributed by atoms with Crippen LogP contribution in [-0.2, 0) is 13.5 Å². The predicted molar refractivity (Wildman–Crippen MR) is 81.8 cm³/mol. The molecule has 0 aliphatic carbocycles. The molecule has 20 heavy (non-hydrogen) atoms. The normalized spacial score (nSPS) is 12.2. The monoisotopic (exact) mass is 270 g/mol. The zero-order chi connectivity index (χ0) is 14.5. The van der Waals surface area contributed by atoms with Gasteiger partial charge in [0, 0.05) is 30.5 Å². The Hall–Kier alpha value is -2.03. The number of rotatable bonds is 5. The second kappa shape index (κ2) is 6.42. The molecule has 1 N–H and O–H groups in total. The van der Waals surface area contributed by atoms with Crippen LogP contribution in [0, 0.1) is 6.92 Å². The lowest BCUT2D eigenvalue weighted by molar-refractivity contribution is 0.0938. The van der Waals surface area contributed by atoms with Gasteiger partial charge in [-0.25, -0.2) is 0 Å². The van der Waals surface area contributed by atoms with Crippen molar-refractivity contribution in [2.75, 3.05) is 0 Å². The second-order valence-corrected chi connectivity index (χ2v) is 5.39. The van der Waals surface area contributed by atoms with Crippen LogP contribution in [0.3, 0.4) is 0 Å². The molecule has 0 fully saturated rings. The lowest BCUT2D eigenvalue weighted by atomic mass is 10.1. The van der Waals surface area contributed by atoms with Crippen molar-refractivity contribution in [3.05, 3.63) is 59.4 Å². The molecule has 0 aliphatic rings. The first kappa shape index (κ1) is 14.4. The molecule has 1 atom stereocenters. The number of carbonyl (C=O) groups excluding carboxylic acids is 1. The summed E-state index contributed by atoms with van der Waals surface area (Å²) in [7, 11) is 2.05. The van der Waals surface area contributed by atoms with Crippen molar-refractivity contribution in [1.82, 2.24) is 9.88 Å². The van der Waals surface area contributed by atoms with E-state index in [0.717, 1.165) is 24.0 Å². The molecule has 1 amide bonds. The maximum atomic E-state index is 12.1. The lowest BCUT2D eigenvalue weighted by Crippen LogP contribution is -2.33. The quantitative estimate of drug-likeness (QED) is 0.890. The van der Waals surface area contributed by atoms with E-state index in [4.69, 9.17) is 0 Å². The van der Waals surface area contributed by atoms with Crippen molar-refractivity contribution >= 4 is 5.91 Å². The Balaban J connectivity index is 1.86. The Morgan fingerprint density at radius 2 is 2.10 bits per heavy atom. The average molecular weight is 270 g/mol. The van der Waals surface area contributed by atoms with E-state index in [2.05, 4.69) is 22.9 Å². The van der Waals surface area contributed by atoms with Gasteiger partial charge >= 0.3 is 0 Å². The SMILES string of the molecule is Cc1cccc(C(=O)N[C@H](C)CCc2cccn2C)c1. The van der Waals surface area contributed by atoms with Crippen molar-refractivity contribution in [3.63, 3.8) is 0 Å². The van der Waals surface area contributed by atoms with Crippen LogP contribution in [0.1, 0.15) is 35.0 Å². The number of hydrogen-bond acceptors (Lipinski definition) is 1. The van der Waals surface area contributed by atoms with Gasteiger partial charge in [-0.05, 0) is 51.0 Å². The third kappa shape index (κ3) is 3.73. The molecule has 0 saturated heterocycles. The average Bonchev–Trinajstić information content (AvgIpc) is 2.82. The standard InChI is InChI=1S/C17H22N2O/c1-13-6-4-7-15(12-13)17(20)18-14(2)9-10-16-8-5-11-19(16)3/h4-8,11-12,14H,9-10H2,1-3H3,(H,18,20)/t14-/m1/s1. The van der Waals surface area contributed by atoms with E-state index < -0.39 is 0 Å². The van der Waals surface area contributed by atoms with Crippen LogP contribution in [0.15, 0.2) is 42.6 Å². The summed E-state index contributed by atoms with van der Waals surface area (Å²) in [4.78, 5) is 12.1. The van der Waals surface area contributed by atoms with Crippen LogP contribution in [-0.4, -0.2) is 16.5 Å². The molecule has 3 heteroatoms. The van der Waals surface area contributed by atoms with E-state index in [1.807, 2.05) is 50.5 Å². The van der Waals surface area contributed by atoms with E-state index in [1.165, 1.54) is 5.69 Å². The molecule has 2 rings (SSSR count). The van der Waals surface area contributed by atoms with Crippen LogP contribution >= 0.6 is 0 Å². The van der Waals surface area contributed by atoms with E-state index in [-0.39, 0.29) is 11.9 Å². The fourth-order valence-corrected chi connectivity index (χ4v) is 2.29. The molecule has 0 saturated carbocycles. The molecule has 0 spiro atoms. The molecule has 0 aliphatic heterocycles. The summed E-state index contributed by atoms with van der Waals surface area (Å²) in [5, 5.41) is 3.06. The van der Waals surface area contributed by atoms with Gasteiger partial charge in [-0.2, -0.15) is 0 Å². The zero-order valence-electron chi connectivity index (χ0n) is 12.4. The zero-order valence-corrected chi connectivity index (χ0v) is 12.4. The fourth-order valence-electron chi connectivity index (χ4n) is 2.29. The summed E-state index contributed by atoms with van der Waals surface area (Å²) in [6, 6.07) is 12.0. The van der Waals surface area contributed by atoms with Gasteiger partial charge in [0.1, 0.15) is 0 Å². The van der Waals surface area contributed by atoms with Gasteiger partial charge in [0.05, 0.1) is 0 Å². The summed E-state index contributed by atoms with van der Waals surface area (Å²) in [5.41, 5.74) is 3.13. The van der Waals surface area contributed by atoms with E-state index in [0.29, 0.717) is 0 Å². The Labute approximate surface area is 120 Å². The first-order valence-electron chi connectivity index (χ1n) is 7.04. The minimum absolute atomic E-state index is 0.00748. The van der Waals surface area contributed by atoms with Crippen LogP contribution in [0.5, 0.6) is 0 Å². The number of nitrogens with zero attached hydrogens (tertiary/aromatic N) is 1. The molecule has 0 bridgehead atoms. The van der Waals surface area contributed by atoms with Gasteiger partial charge in [-0.15, -0.1) is 0 Å². The van der Waals surface area contributed by atoms with Gasteiger partial charge < -0.3 is 9.88 Å². The molecule has 0 radical (unpaired) electrons. The summed E-state index contributed by atoms with van der Waals surface area (Å²) in [6.07, 6.45) is 3.96. The van der Waals surface area contributed by atoms with Crippen molar-refractivity contribution in [2.45, 2.75) is 32.7 Å². The van der Waals surface area contributed by atoms with Gasteiger partial charge in [-0.3, -0.25) is 4.79 Å². The Morgan fingerprint density at radius 1 is 1.30 bits per heavy atom. The van der Waals surface area contributed by atoms with Crippen LogP contribution in [0.25, 0.3) is 0 Å². The smallest absolute Gasteiger partial charge is 0.251 e. The molecule has 1 heterocycles. The van der Waals surface area contributed by atoms with Gasteiger partial charge in [-0.1, -0.05) is 17.7 Å². The van der Waals surface area contributed by atoms with Gasteiger partial charge in [0.25, 0.3) is 5.91 Å². The van der Waals surface area contributed by atoms with E-state index in [9.17, 15) is 4.79 Å². The number of aromatic nitrogens is 1. The third-order valence-corrected chi connectivity index (χ3v) is 3.54. The van der Waals surface area contributed by atoms with E-state index in [1.54, 1.807) is 0 Å². The first-order chi connectivity index (χ1) is 9.56. The van der Waals surface area contributed by atoms with Gasteiger partial charge in [0.2, 0.25) is 0 Å². The minimum Gasteiger partial charge on any atom is -0.354 e. The van der Waals surface area contributed by atoms with Crippen molar-refractivity contribution in [2.24, 2.45) is 7.05 Å².